The van der Waals surface area contributed by atoms with Gasteiger partial charge < -0.3 is 11.1 Å². The summed E-state index contributed by atoms with van der Waals surface area (Å²) >= 11 is 0. The van der Waals surface area contributed by atoms with Crippen molar-refractivity contribution in [2.24, 2.45) is 5.73 Å². The van der Waals surface area contributed by atoms with Crippen LogP contribution in [0.25, 0.3) is 0 Å². The molecule has 150 valence electrons. The summed E-state index contributed by atoms with van der Waals surface area (Å²) in [5.74, 6) is 0.0931. The van der Waals surface area contributed by atoms with Crippen molar-refractivity contribution in [3.8, 4) is 0 Å². The van der Waals surface area contributed by atoms with Crippen molar-refractivity contribution >= 4 is 30.7 Å². The van der Waals surface area contributed by atoms with Crippen molar-refractivity contribution in [1.82, 2.24) is 10.3 Å². The first-order chi connectivity index (χ1) is 12.2. The second kappa shape index (κ2) is 14.4. The second-order valence-electron chi connectivity index (χ2n) is 6.52. The maximum atomic E-state index is 12.3. The standard InChI is InChI=1S/C21H29N3O.2ClH/c1-17-10-12-18(13-11-17)16-20(19-8-5-7-15-23-19)24-21(25)9-4-2-3-6-14-22;;/h5,7-8,10-13,15,20H,2-4,6,9,14,16,22H2,1H3,(H,24,25);2*1H. The van der Waals surface area contributed by atoms with Crippen LogP contribution in [0.5, 0.6) is 0 Å². The van der Waals surface area contributed by atoms with E-state index in [2.05, 4.69) is 41.5 Å². The molecule has 1 unspecified atom stereocenters. The van der Waals surface area contributed by atoms with Crippen LogP contribution in [0.2, 0.25) is 0 Å². The molecule has 0 saturated heterocycles. The van der Waals surface area contributed by atoms with Crippen molar-refractivity contribution in [3.05, 3.63) is 65.5 Å². The van der Waals surface area contributed by atoms with Gasteiger partial charge in [-0.05, 0) is 50.4 Å². The minimum absolute atomic E-state index is 0. The number of aromatic nitrogens is 1. The first-order valence-corrected chi connectivity index (χ1v) is 9.15. The van der Waals surface area contributed by atoms with Crippen LogP contribution < -0.4 is 11.1 Å². The van der Waals surface area contributed by atoms with Gasteiger partial charge in [0.25, 0.3) is 0 Å². The number of nitrogens with one attached hydrogen (secondary N) is 1. The summed E-state index contributed by atoms with van der Waals surface area (Å²) in [6.07, 6.45) is 7.17. The number of carbonyl (C=O) groups excluding carboxylic acids is 1. The molecule has 3 N–H and O–H groups in total. The van der Waals surface area contributed by atoms with E-state index in [0.29, 0.717) is 6.42 Å². The third kappa shape index (κ3) is 9.76. The average molecular weight is 412 g/mol. The predicted octanol–water partition coefficient (Wildman–Crippen LogP) is 4.54. The van der Waals surface area contributed by atoms with E-state index in [9.17, 15) is 4.79 Å². The van der Waals surface area contributed by atoms with E-state index in [-0.39, 0.29) is 36.8 Å². The lowest BCUT2D eigenvalue weighted by molar-refractivity contribution is -0.122. The number of rotatable bonds is 10. The number of amides is 1. The van der Waals surface area contributed by atoms with Crippen LogP contribution in [0.15, 0.2) is 48.7 Å². The summed E-state index contributed by atoms with van der Waals surface area (Å²) in [5, 5.41) is 3.16. The molecule has 2 aromatic rings. The van der Waals surface area contributed by atoms with Crippen LogP contribution in [0.1, 0.15) is 55.0 Å². The molecule has 0 aliphatic carbocycles. The van der Waals surface area contributed by atoms with Gasteiger partial charge in [0.1, 0.15) is 0 Å². The lowest BCUT2D eigenvalue weighted by Gasteiger charge is -2.19. The van der Waals surface area contributed by atoms with E-state index in [1.807, 2.05) is 18.2 Å². The average Bonchev–Trinajstić information content (AvgIpc) is 2.63. The number of carbonyl (C=O) groups is 1. The molecule has 0 fully saturated rings. The van der Waals surface area contributed by atoms with Gasteiger partial charge in [-0.1, -0.05) is 48.7 Å². The highest BCUT2D eigenvalue weighted by molar-refractivity contribution is 5.85. The largest absolute Gasteiger partial charge is 0.347 e. The Morgan fingerprint density at radius 1 is 1.04 bits per heavy atom. The Morgan fingerprint density at radius 2 is 1.74 bits per heavy atom. The van der Waals surface area contributed by atoms with Gasteiger partial charge in [0.05, 0.1) is 11.7 Å². The van der Waals surface area contributed by atoms with Crippen molar-refractivity contribution in [2.75, 3.05) is 6.54 Å². The maximum Gasteiger partial charge on any atom is 0.220 e. The fraction of sp³-hybridized carbons (Fsp3) is 0.429. The minimum atomic E-state index is -0.0968. The maximum absolute atomic E-state index is 12.3. The van der Waals surface area contributed by atoms with Crippen LogP contribution in [-0.4, -0.2) is 17.4 Å². The van der Waals surface area contributed by atoms with Crippen molar-refractivity contribution in [3.63, 3.8) is 0 Å². The van der Waals surface area contributed by atoms with Gasteiger partial charge in [-0.2, -0.15) is 0 Å². The fourth-order valence-corrected chi connectivity index (χ4v) is 2.82. The number of pyridine rings is 1. The molecule has 0 aliphatic rings. The number of hydrogen-bond acceptors (Lipinski definition) is 3. The van der Waals surface area contributed by atoms with Crippen LogP contribution in [0, 0.1) is 6.92 Å². The molecule has 1 heterocycles. The summed E-state index contributed by atoms with van der Waals surface area (Å²) in [6, 6.07) is 14.2. The van der Waals surface area contributed by atoms with Gasteiger partial charge in [-0.15, -0.1) is 24.8 Å². The molecule has 1 aromatic heterocycles. The normalized spacial score (nSPS) is 11.0. The fourth-order valence-electron chi connectivity index (χ4n) is 2.82. The first-order valence-electron chi connectivity index (χ1n) is 9.15. The number of unbranched alkanes of at least 4 members (excludes halogenated alkanes) is 3. The molecule has 0 spiro atoms. The zero-order chi connectivity index (χ0) is 17.9. The van der Waals surface area contributed by atoms with Gasteiger partial charge >= 0.3 is 0 Å². The number of nitrogens with zero attached hydrogens (tertiary/aromatic N) is 1. The first kappa shape index (κ1) is 25.4. The van der Waals surface area contributed by atoms with E-state index < -0.39 is 0 Å². The molecule has 1 amide bonds. The van der Waals surface area contributed by atoms with Gasteiger partial charge in [-0.3, -0.25) is 9.78 Å². The molecule has 27 heavy (non-hydrogen) atoms. The van der Waals surface area contributed by atoms with Crippen LogP contribution in [0.4, 0.5) is 0 Å². The van der Waals surface area contributed by atoms with Gasteiger partial charge in [0.15, 0.2) is 0 Å². The second-order valence-corrected chi connectivity index (χ2v) is 6.52. The summed E-state index contributed by atoms with van der Waals surface area (Å²) in [5.41, 5.74) is 8.83. The molecule has 6 heteroatoms. The number of aryl methyl sites for hydroxylation is 1. The third-order valence-corrected chi connectivity index (χ3v) is 4.30. The van der Waals surface area contributed by atoms with E-state index >= 15 is 0 Å². The lowest BCUT2D eigenvalue weighted by Crippen LogP contribution is -2.30. The number of halogens is 2. The molecule has 1 aromatic carbocycles. The van der Waals surface area contributed by atoms with Gasteiger partial charge in [0.2, 0.25) is 5.91 Å². The van der Waals surface area contributed by atoms with Crippen LogP contribution >= 0.6 is 24.8 Å². The van der Waals surface area contributed by atoms with Crippen LogP contribution in [-0.2, 0) is 11.2 Å². The molecule has 2 rings (SSSR count). The molecule has 0 saturated carbocycles. The highest BCUT2D eigenvalue weighted by Gasteiger charge is 2.16. The molecule has 1 atom stereocenters. The lowest BCUT2D eigenvalue weighted by atomic mass is 10.0. The zero-order valence-corrected chi connectivity index (χ0v) is 17.5. The molecule has 0 bridgehead atoms. The minimum Gasteiger partial charge on any atom is -0.347 e. The summed E-state index contributed by atoms with van der Waals surface area (Å²) < 4.78 is 0. The number of benzene rings is 1. The Balaban J connectivity index is 0.00000338. The predicted molar refractivity (Wildman–Crippen MR) is 117 cm³/mol. The Morgan fingerprint density at radius 3 is 2.37 bits per heavy atom. The van der Waals surface area contributed by atoms with E-state index in [1.165, 1.54) is 11.1 Å². The smallest absolute Gasteiger partial charge is 0.220 e. The highest BCUT2D eigenvalue weighted by atomic mass is 35.5. The Labute approximate surface area is 175 Å². The Hall–Kier alpha value is -1.62. The topological polar surface area (TPSA) is 68.0 Å². The van der Waals surface area contributed by atoms with Crippen molar-refractivity contribution < 1.29 is 4.79 Å². The zero-order valence-electron chi connectivity index (χ0n) is 15.9. The quantitative estimate of drug-likeness (QED) is 0.563. The van der Waals surface area contributed by atoms with Crippen molar-refractivity contribution in [1.29, 1.82) is 0 Å². The number of hydrogen-bond donors (Lipinski definition) is 2. The SMILES string of the molecule is Cc1ccc(CC(NC(=O)CCCCCCN)c2ccccn2)cc1.Cl.Cl. The van der Waals surface area contributed by atoms with E-state index in [0.717, 1.165) is 44.3 Å². The molecule has 4 nitrogen and oxygen atoms in total. The molecular formula is C21H31Cl2N3O. The molecular weight excluding hydrogens is 381 g/mol. The van der Waals surface area contributed by atoms with E-state index in [4.69, 9.17) is 5.73 Å². The van der Waals surface area contributed by atoms with Crippen LogP contribution in [0.3, 0.4) is 0 Å². The van der Waals surface area contributed by atoms with E-state index in [1.54, 1.807) is 6.20 Å². The van der Waals surface area contributed by atoms with Crippen molar-refractivity contribution in [2.45, 2.75) is 51.5 Å². The monoisotopic (exact) mass is 411 g/mol. The molecule has 0 aliphatic heterocycles. The third-order valence-electron chi connectivity index (χ3n) is 4.30. The molecule has 0 radical (unpaired) electrons. The Bertz CT molecular complexity index is 636. The number of nitrogens with two attached hydrogens (primary N) is 1. The summed E-state index contributed by atoms with van der Waals surface area (Å²) in [4.78, 5) is 16.8. The summed E-state index contributed by atoms with van der Waals surface area (Å²) in [7, 11) is 0. The highest BCUT2D eigenvalue weighted by Crippen LogP contribution is 2.17. The van der Waals surface area contributed by atoms with Gasteiger partial charge in [-0.25, -0.2) is 0 Å². The summed E-state index contributed by atoms with van der Waals surface area (Å²) in [6.45, 7) is 2.80. The van der Waals surface area contributed by atoms with Gasteiger partial charge in [0, 0.05) is 12.6 Å². The Kier molecular flexibility index (Phi) is 13.6.